The van der Waals surface area contributed by atoms with Gasteiger partial charge in [-0.1, -0.05) is 12.1 Å². The highest BCUT2D eigenvalue weighted by Crippen LogP contribution is 2.21. The number of carbonyl (C=O) groups excluding carboxylic acids is 2. The second-order valence-corrected chi connectivity index (χ2v) is 5.10. The maximum absolute atomic E-state index is 11.9. The van der Waals surface area contributed by atoms with Gasteiger partial charge in [-0.05, 0) is 38.3 Å². The van der Waals surface area contributed by atoms with Crippen molar-refractivity contribution in [2.24, 2.45) is 0 Å². The predicted molar refractivity (Wildman–Crippen MR) is 77.0 cm³/mol. The highest BCUT2D eigenvalue weighted by molar-refractivity contribution is 5.96. The summed E-state index contributed by atoms with van der Waals surface area (Å²) in [5.74, 6) is -0.0206. The minimum Gasteiger partial charge on any atom is -0.381 e. The molecule has 1 fully saturated rings. The molecule has 2 rings (SSSR count). The molecule has 2 amide bonds. The van der Waals surface area contributed by atoms with E-state index in [2.05, 4.69) is 10.6 Å². The van der Waals surface area contributed by atoms with Gasteiger partial charge in [0.2, 0.25) is 0 Å². The van der Waals surface area contributed by atoms with Crippen molar-refractivity contribution in [3.8, 4) is 0 Å². The zero-order valence-electron chi connectivity index (χ0n) is 11.8. The molecule has 1 aliphatic carbocycles. The van der Waals surface area contributed by atoms with E-state index in [-0.39, 0.29) is 24.0 Å². The first-order valence-corrected chi connectivity index (χ1v) is 6.80. The zero-order valence-corrected chi connectivity index (χ0v) is 11.8. The number of urea groups is 1. The largest absolute Gasteiger partial charge is 0.381 e. The van der Waals surface area contributed by atoms with Crippen molar-refractivity contribution in [3.05, 3.63) is 29.8 Å². The molecule has 5 nitrogen and oxygen atoms in total. The SMILES string of the molecule is COC1CCC(NC(=O)Nc2cccc(C(C)=O)c2)C1. The highest BCUT2D eigenvalue weighted by atomic mass is 16.5. The van der Waals surface area contributed by atoms with Gasteiger partial charge in [-0.3, -0.25) is 4.79 Å². The summed E-state index contributed by atoms with van der Waals surface area (Å²) in [5.41, 5.74) is 1.21. The summed E-state index contributed by atoms with van der Waals surface area (Å²) in [5, 5.41) is 5.68. The lowest BCUT2D eigenvalue weighted by molar-refractivity contribution is 0.101. The molecule has 0 heterocycles. The second-order valence-electron chi connectivity index (χ2n) is 5.10. The van der Waals surface area contributed by atoms with E-state index in [1.54, 1.807) is 31.4 Å². The van der Waals surface area contributed by atoms with Gasteiger partial charge in [0.05, 0.1) is 6.10 Å². The smallest absolute Gasteiger partial charge is 0.319 e. The Morgan fingerprint density at radius 1 is 1.30 bits per heavy atom. The number of ketones is 1. The standard InChI is InChI=1S/C15H20N2O3/c1-10(18)11-4-3-5-12(8-11)16-15(19)17-13-6-7-14(9-13)20-2/h3-5,8,13-14H,6-7,9H2,1-2H3,(H2,16,17,19). The zero-order chi connectivity index (χ0) is 14.5. The first kappa shape index (κ1) is 14.5. The normalized spacial score (nSPS) is 21.5. The van der Waals surface area contributed by atoms with E-state index < -0.39 is 0 Å². The number of carbonyl (C=O) groups is 2. The fourth-order valence-electron chi connectivity index (χ4n) is 2.45. The van der Waals surface area contributed by atoms with Crippen LogP contribution in [0.2, 0.25) is 0 Å². The van der Waals surface area contributed by atoms with E-state index in [4.69, 9.17) is 4.74 Å². The van der Waals surface area contributed by atoms with Crippen molar-refractivity contribution in [2.45, 2.75) is 38.3 Å². The van der Waals surface area contributed by atoms with E-state index in [0.717, 1.165) is 19.3 Å². The number of nitrogens with one attached hydrogen (secondary N) is 2. The Balaban J connectivity index is 1.88. The van der Waals surface area contributed by atoms with Gasteiger partial charge in [0.25, 0.3) is 0 Å². The lowest BCUT2D eigenvalue weighted by atomic mass is 10.1. The summed E-state index contributed by atoms with van der Waals surface area (Å²) >= 11 is 0. The minimum absolute atomic E-state index is 0.0206. The van der Waals surface area contributed by atoms with Gasteiger partial charge in [0, 0.05) is 24.4 Å². The van der Waals surface area contributed by atoms with Crippen LogP contribution in [-0.2, 0) is 4.74 Å². The summed E-state index contributed by atoms with van der Waals surface area (Å²) in [6, 6.07) is 6.82. The summed E-state index contributed by atoms with van der Waals surface area (Å²) < 4.78 is 5.27. The minimum atomic E-state index is -0.243. The number of methoxy groups -OCH3 is 1. The number of rotatable bonds is 4. The van der Waals surface area contributed by atoms with Crippen LogP contribution in [0, 0.1) is 0 Å². The Bertz CT molecular complexity index is 502. The number of benzene rings is 1. The molecule has 0 bridgehead atoms. The topological polar surface area (TPSA) is 67.4 Å². The van der Waals surface area contributed by atoms with Crippen LogP contribution in [0.3, 0.4) is 0 Å². The van der Waals surface area contributed by atoms with E-state index in [1.807, 2.05) is 0 Å². The Hall–Kier alpha value is -1.88. The van der Waals surface area contributed by atoms with Crippen LogP contribution in [-0.4, -0.2) is 31.1 Å². The lowest BCUT2D eigenvalue weighted by Crippen LogP contribution is -2.36. The molecule has 5 heteroatoms. The van der Waals surface area contributed by atoms with Gasteiger partial charge in [-0.25, -0.2) is 4.79 Å². The number of amides is 2. The van der Waals surface area contributed by atoms with Gasteiger partial charge in [-0.2, -0.15) is 0 Å². The van der Waals surface area contributed by atoms with Gasteiger partial charge in [0.15, 0.2) is 5.78 Å². The van der Waals surface area contributed by atoms with Crippen LogP contribution < -0.4 is 10.6 Å². The predicted octanol–water partition coefficient (Wildman–Crippen LogP) is 2.58. The van der Waals surface area contributed by atoms with Crippen LogP contribution in [0.1, 0.15) is 36.5 Å². The monoisotopic (exact) mass is 276 g/mol. The average Bonchev–Trinajstić information content (AvgIpc) is 2.86. The Morgan fingerprint density at radius 3 is 2.75 bits per heavy atom. The molecule has 1 saturated carbocycles. The van der Waals surface area contributed by atoms with Gasteiger partial charge in [-0.15, -0.1) is 0 Å². The molecule has 2 N–H and O–H groups in total. The molecular formula is C15H20N2O3. The molecule has 1 aromatic rings. The quantitative estimate of drug-likeness (QED) is 0.831. The van der Waals surface area contributed by atoms with Crippen molar-refractivity contribution >= 4 is 17.5 Å². The third-order valence-electron chi connectivity index (χ3n) is 3.58. The maximum Gasteiger partial charge on any atom is 0.319 e. The Labute approximate surface area is 118 Å². The molecule has 0 radical (unpaired) electrons. The fraction of sp³-hybridized carbons (Fsp3) is 0.467. The van der Waals surface area contributed by atoms with E-state index >= 15 is 0 Å². The molecule has 0 aromatic heterocycles. The fourth-order valence-corrected chi connectivity index (χ4v) is 2.45. The van der Waals surface area contributed by atoms with Crippen LogP contribution >= 0.6 is 0 Å². The number of anilines is 1. The molecule has 1 aromatic carbocycles. The molecular weight excluding hydrogens is 256 g/mol. The van der Waals surface area contributed by atoms with E-state index in [9.17, 15) is 9.59 Å². The lowest BCUT2D eigenvalue weighted by Gasteiger charge is -2.14. The van der Waals surface area contributed by atoms with Crippen molar-refractivity contribution < 1.29 is 14.3 Å². The average molecular weight is 276 g/mol. The van der Waals surface area contributed by atoms with Crippen molar-refractivity contribution in [3.63, 3.8) is 0 Å². The van der Waals surface area contributed by atoms with Crippen LogP contribution in [0.4, 0.5) is 10.5 Å². The summed E-state index contributed by atoms with van der Waals surface area (Å²) in [6.45, 7) is 1.50. The van der Waals surface area contributed by atoms with Crippen molar-refractivity contribution in [1.82, 2.24) is 5.32 Å². The first-order valence-electron chi connectivity index (χ1n) is 6.80. The highest BCUT2D eigenvalue weighted by Gasteiger charge is 2.25. The van der Waals surface area contributed by atoms with Gasteiger partial charge >= 0.3 is 6.03 Å². The number of hydrogen-bond acceptors (Lipinski definition) is 3. The maximum atomic E-state index is 11.9. The Morgan fingerprint density at radius 2 is 2.10 bits per heavy atom. The summed E-state index contributed by atoms with van der Waals surface area (Å²) in [4.78, 5) is 23.2. The number of ether oxygens (including phenoxy) is 1. The van der Waals surface area contributed by atoms with E-state index in [0.29, 0.717) is 11.3 Å². The molecule has 0 saturated heterocycles. The van der Waals surface area contributed by atoms with Crippen LogP contribution in [0.15, 0.2) is 24.3 Å². The molecule has 108 valence electrons. The molecule has 0 spiro atoms. The third-order valence-corrected chi connectivity index (χ3v) is 3.58. The number of Topliss-reactive ketones (excluding diaryl/α,β-unsaturated/α-hetero) is 1. The molecule has 1 aliphatic rings. The van der Waals surface area contributed by atoms with Crippen molar-refractivity contribution in [1.29, 1.82) is 0 Å². The molecule has 2 unspecified atom stereocenters. The third kappa shape index (κ3) is 3.81. The van der Waals surface area contributed by atoms with E-state index in [1.165, 1.54) is 6.92 Å². The van der Waals surface area contributed by atoms with Crippen LogP contribution in [0.5, 0.6) is 0 Å². The van der Waals surface area contributed by atoms with Gasteiger partial charge in [0.1, 0.15) is 0 Å². The molecule has 2 atom stereocenters. The first-order chi connectivity index (χ1) is 9.58. The molecule has 20 heavy (non-hydrogen) atoms. The second kappa shape index (κ2) is 6.52. The summed E-state index contributed by atoms with van der Waals surface area (Å²) in [6.07, 6.45) is 2.99. The van der Waals surface area contributed by atoms with Crippen LogP contribution in [0.25, 0.3) is 0 Å². The van der Waals surface area contributed by atoms with Crippen molar-refractivity contribution in [2.75, 3.05) is 12.4 Å². The molecule has 0 aliphatic heterocycles. The summed E-state index contributed by atoms with van der Waals surface area (Å²) in [7, 11) is 1.69. The van der Waals surface area contributed by atoms with Gasteiger partial charge < -0.3 is 15.4 Å². The number of hydrogen-bond donors (Lipinski definition) is 2. The Kier molecular flexibility index (Phi) is 4.74.